The van der Waals surface area contributed by atoms with Gasteiger partial charge in [0, 0.05) is 25.3 Å². The Labute approximate surface area is 137 Å². The van der Waals surface area contributed by atoms with Gasteiger partial charge in [0.1, 0.15) is 5.82 Å². The van der Waals surface area contributed by atoms with Gasteiger partial charge in [0.15, 0.2) is 0 Å². The molecule has 122 valence electrons. The van der Waals surface area contributed by atoms with Crippen molar-refractivity contribution in [3.63, 3.8) is 0 Å². The number of aromatic nitrogens is 1. The van der Waals surface area contributed by atoms with Crippen molar-refractivity contribution in [3.05, 3.63) is 60.3 Å². The number of amides is 1. The number of nitrogens with zero attached hydrogens (tertiary/aromatic N) is 1. The lowest BCUT2D eigenvalue weighted by Crippen LogP contribution is -2.36. The van der Waals surface area contributed by atoms with E-state index in [2.05, 4.69) is 15.6 Å². The largest absolute Gasteiger partial charge is 0.370 e. The fraction of sp³-hybridized carbons (Fsp3) is 0.333. The summed E-state index contributed by atoms with van der Waals surface area (Å²) in [5, 5.41) is 6.15. The molecular weight excluding hydrogens is 288 g/mol. The highest BCUT2D eigenvalue weighted by Crippen LogP contribution is 2.18. The van der Waals surface area contributed by atoms with Crippen LogP contribution in [0.4, 0.5) is 5.82 Å². The smallest absolute Gasteiger partial charge is 0.224 e. The molecule has 1 aromatic heterocycles. The number of nitrogens with two attached hydrogens (primary N) is 1. The third-order valence-electron chi connectivity index (χ3n) is 3.76. The maximum atomic E-state index is 12.2. The minimum Gasteiger partial charge on any atom is -0.370 e. The summed E-state index contributed by atoms with van der Waals surface area (Å²) in [6, 6.07) is 15.1. The Balaban J connectivity index is 1.68. The van der Waals surface area contributed by atoms with Crippen molar-refractivity contribution in [2.75, 3.05) is 18.4 Å². The van der Waals surface area contributed by atoms with E-state index in [0.29, 0.717) is 6.54 Å². The number of nitrogens with one attached hydrogen (secondary N) is 2. The molecule has 0 aliphatic rings. The van der Waals surface area contributed by atoms with Crippen molar-refractivity contribution in [2.24, 2.45) is 11.7 Å². The van der Waals surface area contributed by atoms with Gasteiger partial charge >= 0.3 is 0 Å². The van der Waals surface area contributed by atoms with Gasteiger partial charge in [0.2, 0.25) is 5.91 Å². The molecule has 1 amide bonds. The summed E-state index contributed by atoms with van der Waals surface area (Å²) in [7, 11) is 0. The van der Waals surface area contributed by atoms with Gasteiger partial charge in [-0.3, -0.25) is 4.79 Å². The second-order valence-electron chi connectivity index (χ2n) is 5.51. The second kappa shape index (κ2) is 8.90. The Bertz CT molecular complexity index is 588. The lowest BCUT2D eigenvalue weighted by atomic mass is 9.95. The van der Waals surface area contributed by atoms with Crippen LogP contribution in [-0.4, -0.2) is 24.0 Å². The predicted octanol–water partition coefficient (Wildman–Crippen LogP) is 2.34. The molecule has 2 unspecified atom stereocenters. The fourth-order valence-corrected chi connectivity index (χ4v) is 2.27. The number of anilines is 1. The summed E-state index contributed by atoms with van der Waals surface area (Å²) >= 11 is 0. The number of pyridine rings is 1. The van der Waals surface area contributed by atoms with Crippen LogP contribution in [0.1, 0.15) is 24.9 Å². The van der Waals surface area contributed by atoms with Crippen molar-refractivity contribution >= 4 is 11.7 Å². The van der Waals surface area contributed by atoms with Crippen molar-refractivity contribution in [2.45, 2.75) is 19.4 Å². The van der Waals surface area contributed by atoms with Crippen LogP contribution >= 0.6 is 0 Å². The van der Waals surface area contributed by atoms with Crippen molar-refractivity contribution in [1.82, 2.24) is 10.3 Å². The van der Waals surface area contributed by atoms with Crippen LogP contribution in [0.2, 0.25) is 0 Å². The molecular formula is C18H24N4O. The highest BCUT2D eigenvalue weighted by Gasteiger charge is 2.21. The van der Waals surface area contributed by atoms with E-state index in [0.717, 1.165) is 24.3 Å². The third-order valence-corrected chi connectivity index (χ3v) is 3.76. The Hall–Kier alpha value is -2.40. The zero-order chi connectivity index (χ0) is 16.5. The van der Waals surface area contributed by atoms with E-state index in [4.69, 9.17) is 5.73 Å². The van der Waals surface area contributed by atoms with Gasteiger partial charge in [-0.15, -0.1) is 0 Å². The molecule has 23 heavy (non-hydrogen) atoms. The zero-order valence-electron chi connectivity index (χ0n) is 13.4. The quantitative estimate of drug-likeness (QED) is 0.654. The van der Waals surface area contributed by atoms with Gasteiger partial charge in [-0.2, -0.15) is 0 Å². The van der Waals surface area contributed by atoms with Crippen LogP contribution in [0.15, 0.2) is 54.7 Å². The fourth-order valence-electron chi connectivity index (χ4n) is 2.27. The Morgan fingerprint density at radius 3 is 2.57 bits per heavy atom. The normalized spacial score (nSPS) is 13.1. The first-order chi connectivity index (χ1) is 11.2. The molecule has 0 spiro atoms. The van der Waals surface area contributed by atoms with Crippen molar-refractivity contribution < 1.29 is 4.79 Å². The molecule has 4 N–H and O–H groups in total. The van der Waals surface area contributed by atoms with Crippen LogP contribution in [-0.2, 0) is 4.79 Å². The number of hydrogen-bond donors (Lipinski definition) is 3. The Kier molecular flexibility index (Phi) is 6.56. The minimum absolute atomic E-state index is 0.0146. The molecule has 0 bridgehead atoms. The highest BCUT2D eigenvalue weighted by molar-refractivity contribution is 5.79. The van der Waals surface area contributed by atoms with Crippen LogP contribution < -0.4 is 16.4 Å². The van der Waals surface area contributed by atoms with Gasteiger partial charge < -0.3 is 16.4 Å². The van der Waals surface area contributed by atoms with Crippen LogP contribution in [0.25, 0.3) is 0 Å². The van der Waals surface area contributed by atoms with E-state index in [1.165, 1.54) is 0 Å². The van der Waals surface area contributed by atoms with E-state index < -0.39 is 0 Å². The molecule has 5 nitrogen and oxygen atoms in total. The molecule has 2 aromatic rings. The average Bonchev–Trinajstić information content (AvgIpc) is 2.61. The van der Waals surface area contributed by atoms with E-state index in [-0.39, 0.29) is 17.9 Å². The average molecular weight is 312 g/mol. The maximum Gasteiger partial charge on any atom is 0.224 e. The molecule has 0 aliphatic heterocycles. The molecule has 0 fully saturated rings. The van der Waals surface area contributed by atoms with E-state index in [1.54, 1.807) is 6.20 Å². The molecule has 1 aromatic carbocycles. The molecule has 0 saturated carbocycles. The third kappa shape index (κ3) is 5.38. The van der Waals surface area contributed by atoms with E-state index in [9.17, 15) is 4.79 Å². The monoisotopic (exact) mass is 312 g/mol. The van der Waals surface area contributed by atoms with Crippen LogP contribution in [0.5, 0.6) is 0 Å². The SMILES string of the molecule is CC(C(=O)NCCCNc1ccccn1)C(N)c1ccccc1. The standard InChI is InChI=1S/C18H24N4O/c1-14(17(19)15-8-3-2-4-9-15)18(23)22-13-7-12-21-16-10-5-6-11-20-16/h2-6,8-11,14,17H,7,12-13,19H2,1H3,(H,20,21)(H,22,23). The van der Waals surface area contributed by atoms with Crippen LogP contribution in [0, 0.1) is 5.92 Å². The molecule has 2 atom stereocenters. The van der Waals surface area contributed by atoms with Crippen molar-refractivity contribution in [1.29, 1.82) is 0 Å². The topological polar surface area (TPSA) is 80.0 Å². The first-order valence-corrected chi connectivity index (χ1v) is 7.91. The van der Waals surface area contributed by atoms with Crippen molar-refractivity contribution in [3.8, 4) is 0 Å². The first-order valence-electron chi connectivity index (χ1n) is 7.91. The second-order valence-corrected chi connectivity index (χ2v) is 5.51. The Morgan fingerprint density at radius 2 is 1.87 bits per heavy atom. The number of benzene rings is 1. The number of hydrogen-bond acceptors (Lipinski definition) is 4. The van der Waals surface area contributed by atoms with E-state index >= 15 is 0 Å². The Morgan fingerprint density at radius 1 is 1.13 bits per heavy atom. The van der Waals surface area contributed by atoms with Gasteiger partial charge in [-0.05, 0) is 24.1 Å². The van der Waals surface area contributed by atoms with Gasteiger partial charge in [0.25, 0.3) is 0 Å². The number of rotatable bonds is 8. The van der Waals surface area contributed by atoms with Gasteiger partial charge in [0.05, 0.1) is 5.92 Å². The summed E-state index contributed by atoms with van der Waals surface area (Å²) < 4.78 is 0. The number of carbonyl (C=O) groups is 1. The highest BCUT2D eigenvalue weighted by atomic mass is 16.1. The molecule has 0 radical (unpaired) electrons. The number of carbonyl (C=O) groups excluding carboxylic acids is 1. The van der Waals surface area contributed by atoms with Crippen LogP contribution in [0.3, 0.4) is 0 Å². The molecule has 0 saturated heterocycles. The molecule has 5 heteroatoms. The summed E-state index contributed by atoms with van der Waals surface area (Å²) in [5.41, 5.74) is 7.14. The summed E-state index contributed by atoms with van der Waals surface area (Å²) in [4.78, 5) is 16.3. The van der Waals surface area contributed by atoms with E-state index in [1.807, 2.05) is 55.5 Å². The molecule has 1 heterocycles. The minimum atomic E-state index is -0.289. The predicted molar refractivity (Wildman–Crippen MR) is 92.9 cm³/mol. The lowest BCUT2D eigenvalue weighted by molar-refractivity contribution is -0.125. The molecule has 2 rings (SSSR count). The lowest BCUT2D eigenvalue weighted by Gasteiger charge is -2.19. The summed E-state index contributed by atoms with van der Waals surface area (Å²) in [5.74, 6) is 0.568. The summed E-state index contributed by atoms with van der Waals surface area (Å²) in [6.07, 6.45) is 2.58. The van der Waals surface area contributed by atoms with Gasteiger partial charge in [-0.1, -0.05) is 43.3 Å². The van der Waals surface area contributed by atoms with Gasteiger partial charge in [-0.25, -0.2) is 4.98 Å². The summed E-state index contributed by atoms with van der Waals surface area (Å²) in [6.45, 7) is 3.24. The first kappa shape index (κ1) is 17.0. The molecule has 0 aliphatic carbocycles. The maximum absolute atomic E-state index is 12.2. The zero-order valence-corrected chi connectivity index (χ0v) is 13.4.